The van der Waals surface area contributed by atoms with Gasteiger partial charge in [0.15, 0.2) is 5.82 Å². The fraction of sp³-hybridized carbons (Fsp3) is 0.579. The zero-order valence-corrected chi connectivity index (χ0v) is 14.3. The molecule has 24 heavy (non-hydrogen) atoms. The van der Waals surface area contributed by atoms with E-state index >= 15 is 0 Å². The summed E-state index contributed by atoms with van der Waals surface area (Å²) in [6.45, 7) is 2.49. The van der Waals surface area contributed by atoms with Crippen LogP contribution in [0.2, 0.25) is 0 Å². The first-order chi connectivity index (χ1) is 11.8. The van der Waals surface area contributed by atoms with Gasteiger partial charge in [-0.15, -0.1) is 0 Å². The van der Waals surface area contributed by atoms with E-state index in [1.165, 1.54) is 31.2 Å². The minimum Gasteiger partial charge on any atom is -0.384 e. The summed E-state index contributed by atoms with van der Waals surface area (Å²) < 4.78 is 10.6. The van der Waals surface area contributed by atoms with Gasteiger partial charge < -0.3 is 9.26 Å². The fourth-order valence-electron chi connectivity index (χ4n) is 4.51. The Morgan fingerprint density at radius 3 is 2.96 bits per heavy atom. The molecule has 2 aliphatic rings. The van der Waals surface area contributed by atoms with Crippen LogP contribution in [0.1, 0.15) is 43.0 Å². The molecule has 1 aliphatic carbocycles. The lowest BCUT2D eigenvalue weighted by Crippen LogP contribution is -2.65. The predicted molar refractivity (Wildman–Crippen MR) is 90.4 cm³/mol. The van der Waals surface area contributed by atoms with Crippen LogP contribution < -0.4 is 0 Å². The van der Waals surface area contributed by atoms with Crippen molar-refractivity contribution in [3.05, 3.63) is 47.6 Å². The largest absolute Gasteiger partial charge is 0.384 e. The molecular formula is C19H25N3O2. The van der Waals surface area contributed by atoms with Crippen LogP contribution in [0.3, 0.4) is 0 Å². The first-order valence-corrected chi connectivity index (χ1v) is 8.94. The molecule has 2 heterocycles. The summed E-state index contributed by atoms with van der Waals surface area (Å²) in [7, 11) is 1.69. The van der Waals surface area contributed by atoms with Crippen LogP contribution in [0.4, 0.5) is 0 Å². The lowest BCUT2D eigenvalue weighted by atomic mass is 9.62. The van der Waals surface area contributed by atoms with E-state index in [2.05, 4.69) is 45.4 Å². The summed E-state index contributed by atoms with van der Waals surface area (Å²) >= 11 is 0. The molecule has 0 radical (unpaired) electrons. The SMILES string of the molecule is COCCc1noc(CN2C[C@H]3CCCC[C@]32c2ccccc2)n1. The quantitative estimate of drug-likeness (QED) is 0.816. The van der Waals surface area contributed by atoms with Gasteiger partial charge in [0, 0.05) is 20.1 Å². The normalized spacial score (nSPS) is 26.8. The zero-order chi connectivity index (χ0) is 16.4. The van der Waals surface area contributed by atoms with Crippen LogP contribution in [-0.4, -0.2) is 35.3 Å². The first kappa shape index (κ1) is 15.8. The Kier molecular flexibility index (Phi) is 4.37. The highest BCUT2D eigenvalue weighted by atomic mass is 16.5. The van der Waals surface area contributed by atoms with Crippen molar-refractivity contribution in [2.45, 2.75) is 44.2 Å². The van der Waals surface area contributed by atoms with Gasteiger partial charge in [0.2, 0.25) is 5.89 Å². The molecule has 2 atom stereocenters. The average Bonchev–Trinajstić information content (AvgIpc) is 3.06. The Hall–Kier alpha value is -1.72. The van der Waals surface area contributed by atoms with Crippen LogP contribution >= 0.6 is 0 Å². The van der Waals surface area contributed by atoms with Crippen LogP contribution in [0, 0.1) is 5.92 Å². The molecule has 0 bridgehead atoms. The number of hydrogen-bond acceptors (Lipinski definition) is 5. The molecule has 1 saturated heterocycles. The van der Waals surface area contributed by atoms with Gasteiger partial charge in [0.1, 0.15) is 0 Å². The maximum absolute atomic E-state index is 5.47. The molecule has 1 saturated carbocycles. The van der Waals surface area contributed by atoms with E-state index < -0.39 is 0 Å². The number of likely N-dealkylation sites (tertiary alicyclic amines) is 1. The Morgan fingerprint density at radius 2 is 2.17 bits per heavy atom. The van der Waals surface area contributed by atoms with Gasteiger partial charge in [0.25, 0.3) is 0 Å². The summed E-state index contributed by atoms with van der Waals surface area (Å²) in [6.07, 6.45) is 5.91. The van der Waals surface area contributed by atoms with E-state index in [1.807, 2.05) is 0 Å². The number of hydrogen-bond donors (Lipinski definition) is 0. The number of ether oxygens (including phenoxy) is 1. The Labute approximate surface area is 143 Å². The van der Waals surface area contributed by atoms with E-state index in [0.717, 1.165) is 30.7 Å². The van der Waals surface area contributed by atoms with Crippen molar-refractivity contribution in [1.29, 1.82) is 0 Å². The summed E-state index contributed by atoms with van der Waals surface area (Å²) in [6, 6.07) is 11.0. The molecule has 5 nitrogen and oxygen atoms in total. The molecule has 0 N–H and O–H groups in total. The summed E-state index contributed by atoms with van der Waals surface area (Å²) in [5, 5.41) is 4.07. The van der Waals surface area contributed by atoms with Crippen molar-refractivity contribution in [2.75, 3.05) is 20.3 Å². The second-order valence-electron chi connectivity index (χ2n) is 6.96. The molecule has 0 spiro atoms. The van der Waals surface area contributed by atoms with Gasteiger partial charge in [-0.3, -0.25) is 4.90 Å². The van der Waals surface area contributed by atoms with Crippen LogP contribution in [0.25, 0.3) is 0 Å². The second-order valence-corrected chi connectivity index (χ2v) is 6.96. The Morgan fingerprint density at radius 1 is 1.29 bits per heavy atom. The van der Waals surface area contributed by atoms with E-state index in [0.29, 0.717) is 13.0 Å². The lowest BCUT2D eigenvalue weighted by Gasteiger charge is -2.61. The number of rotatable bonds is 6. The highest BCUT2D eigenvalue weighted by Crippen LogP contribution is 2.54. The fourth-order valence-corrected chi connectivity index (χ4v) is 4.51. The van der Waals surface area contributed by atoms with Gasteiger partial charge >= 0.3 is 0 Å². The highest BCUT2D eigenvalue weighted by molar-refractivity contribution is 5.30. The van der Waals surface area contributed by atoms with Crippen molar-refractivity contribution >= 4 is 0 Å². The van der Waals surface area contributed by atoms with Gasteiger partial charge in [-0.2, -0.15) is 4.98 Å². The molecule has 5 heteroatoms. The monoisotopic (exact) mass is 327 g/mol. The highest BCUT2D eigenvalue weighted by Gasteiger charge is 2.55. The minimum absolute atomic E-state index is 0.167. The minimum atomic E-state index is 0.167. The molecular weight excluding hydrogens is 302 g/mol. The molecule has 0 amide bonds. The number of methoxy groups -OCH3 is 1. The van der Waals surface area contributed by atoms with Gasteiger partial charge in [-0.25, -0.2) is 0 Å². The van der Waals surface area contributed by atoms with Crippen LogP contribution in [0.15, 0.2) is 34.9 Å². The molecule has 4 rings (SSSR count). The smallest absolute Gasteiger partial charge is 0.240 e. The molecule has 1 aromatic carbocycles. The Bertz CT molecular complexity index is 672. The zero-order valence-electron chi connectivity index (χ0n) is 14.3. The van der Waals surface area contributed by atoms with Crippen molar-refractivity contribution < 1.29 is 9.26 Å². The molecule has 0 unspecified atom stereocenters. The second kappa shape index (κ2) is 6.65. The third-order valence-corrected chi connectivity index (χ3v) is 5.68. The topological polar surface area (TPSA) is 51.4 Å². The Balaban J connectivity index is 1.53. The third kappa shape index (κ3) is 2.66. The van der Waals surface area contributed by atoms with E-state index in [4.69, 9.17) is 9.26 Å². The number of aromatic nitrogens is 2. The molecule has 2 aromatic rings. The van der Waals surface area contributed by atoms with Gasteiger partial charge in [-0.05, 0) is 24.3 Å². The number of fused-ring (bicyclic) bond motifs is 1. The number of nitrogens with zero attached hydrogens (tertiary/aromatic N) is 3. The molecule has 1 aliphatic heterocycles. The van der Waals surface area contributed by atoms with E-state index in [1.54, 1.807) is 7.11 Å². The summed E-state index contributed by atoms with van der Waals surface area (Å²) in [5.41, 5.74) is 1.61. The van der Waals surface area contributed by atoms with E-state index in [-0.39, 0.29) is 5.54 Å². The molecule has 128 valence electrons. The molecule has 2 fully saturated rings. The van der Waals surface area contributed by atoms with Crippen LogP contribution in [-0.2, 0) is 23.2 Å². The maximum atomic E-state index is 5.47. The van der Waals surface area contributed by atoms with Crippen LogP contribution in [0.5, 0.6) is 0 Å². The predicted octanol–water partition coefficient (Wildman–Crippen LogP) is 3.16. The van der Waals surface area contributed by atoms with Gasteiger partial charge in [0.05, 0.1) is 18.7 Å². The van der Waals surface area contributed by atoms with Crippen molar-refractivity contribution in [1.82, 2.24) is 15.0 Å². The maximum Gasteiger partial charge on any atom is 0.240 e. The number of benzene rings is 1. The van der Waals surface area contributed by atoms with Crippen molar-refractivity contribution in [2.24, 2.45) is 5.92 Å². The average molecular weight is 327 g/mol. The summed E-state index contributed by atoms with van der Waals surface area (Å²) in [5.74, 6) is 2.21. The lowest BCUT2D eigenvalue weighted by molar-refractivity contribution is -0.125. The van der Waals surface area contributed by atoms with Crippen molar-refractivity contribution in [3.63, 3.8) is 0 Å². The molecule has 1 aromatic heterocycles. The van der Waals surface area contributed by atoms with Crippen molar-refractivity contribution in [3.8, 4) is 0 Å². The standard InChI is InChI=1S/C19H25N3O2/c1-23-12-10-17-20-18(24-21-17)14-22-13-16-9-5-6-11-19(16,22)15-7-3-2-4-8-15/h2-4,7-8,16H,5-6,9-14H2,1H3/t16-,19+/m1/s1. The van der Waals surface area contributed by atoms with Gasteiger partial charge in [-0.1, -0.05) is 48.3 Å². The third-order valence-electron chi connectivity index (χ3n) is 5.68. The first-order valence-electron chi connectivity index (χ1n) is 8.94. The summed E-state index contributed by atoms with van der Waals surface area (Å²) in [4.78, 5) is 7.07. The van der Waals surface area contributed by atoms with E-state index in [9.17, 15) is 0 Å².